The lowest BCUT2D eigenvalue weighted by Gasteiger charge is -2.17. The number of amides is 1. The van der Waals surface area contributed by atoms with Crippen LogP contribution in [0, 0.1) is 0 Å². The minimum Gasteiger partial charge on any atom is -0.508 e. The van der Waals surface area contributed by atoms with Crippen LogP contribution in [0.4, 0.5) is 0 Å². The van der Waals surface area contributed by atoms with Crippen LogP contribution in [-0.2, 0) is 0 Å². The Morgan fingerprint density at radius 2 is 1.92 bits per heavy atom. The average Bonchev–Trinajstić information content (AvgIpc) is 3.15. The predicted octanol–water partition coefficient (Wildman–Crippen LogP) is 4.34. The third-order valence-corrected chi connectivity index (χ3v) is 4.42. The number of phenols is 1. The van der Waals surface area contributed by atoms with Crippen LogP contribution in [-0.4, -0.2) is 22.7 Å². The monoisotopic (exact) mass is 370 g/mol. The van der Waals surface area contributed by atoms with E-state index in [1.54, 1.807) is 30.3 Å². The molecular formula is C20H19ClN2O3. The highest BCUT2D eigenvalue weighted by atomic mass is 35.5. The normalized spacial score (nSPS) is 11.8. The number of aromatic nitrogens is 1. The molecule has 0 saturated carbocycles. The van der Waals surface area contributed by atoms with E-state index in [1.165, 1.54) is 7.11 Å². The number of carbonyl (C=O) groups excluding carboxylic acids is 1. The summed E-state index contributed by atoms with van der Waals surface area (Å²) >= 11 is 6.38. The largest absolute Gasteiger partial charge is 0.508 e. The molecule has 1 heterocycles. The molecule has 0 aliphatic heterocycles. The standard InChI is InChI=1S/C20H19ClN2O3/c1-13(14-6-5-7-15(24)10-14)22-20(25)16-11-17(21)18(12-19(16)26-2)23-8-3-4-9-23/h3-13,24H,1-2H3,(H,22,25). The van der Waals surface area contributed by atoms with Crippen molar-refractivity contribution in [2.75, 3.05) is 7.11 Å². The summed E-state index contributed by atoms with van der Waals surface area (Å²) in [5, 5.41) is 12.9. The Hall–Kier alpha value is -2.92. The molecular weight excluding hydrogens is 352 g/mol. The van der Waals surface area contributed by atoms with Crippen LogP contribution in [0.1, 0.15) is 28.9 Å². The van der Waals surface area contributed by atoms with Crippen LogP contribution in [0.15, 0.2) is 60.9 Å². The molecule has 6 heteroatoms. The van der Waals surface area contributed by atoms with Gasteiger partial charge in [-0.2, -0.15) is 0 Å². The molecule has 1 atom stereocenters. The maximum absolute atomic E-state index is 12.7. The van der Waals surface area contributed by atoms with E-state index in [9.17, 15) is 9.90 Å². The van der Waals surface area contributed by atoms with Gasteiger partial charge >= 0.3 is 0 Å². The minimum atomic E-state index is -0.307. The fourth-order valence-electron chi connectivity index (χ4n) is 2.73. The highest BCUT2D eigenvalue weighted by Gasteiger charge is 2.19. The van der Waals surface area contributed by atoms with Crippen LogP contribution in [0.25, 0.3) is 5.69 Å². The van der Waals surface area contributed by atoms with Crippen LogP contribution < -0.4 is 10.1 Å². The van der Waals surface area contributed by atoms with Gasteiger partial charge in [0.1, 0.15) is 11.5 Å². The van der Waals surface area contributed by atoms with Crippen LogP contribution in [0.3, 0.4) is 0 Å². The highest BCUT2D eigenvalue weighted by molar-refractivity contribution is 6.33. The Bertz CT molecular complexity index is 923. The second-order valence-electron chi connectivity index (χ2n) is 5.88. The number of nitrogens with one attached hydrogen (secondary N) is 1. The quantitative estimate of drug-likeness (QED) is 0.702. The van der Waals surface area contributed by atoms with E-state index >= 15 is 0 Å². The van der Waals surface area contributed by atoms with Gasteiger partial charge in [-0.15, -0.1) is 0 Å². The first kappa shape index (κ1) is 17.9. The SMILES string of the molecule is COc1cc(-n2cccc2)c(Cl)cc1C(=O)NC(C)c1cccc(O)c1. The van der Waals surface area contributed by atoms with Gasteiger partial charge in [0, 0.05) is 18.5 Å². The van der Waals surface area contributed by atoms with Crippen LogP contribution in [0.2, 0.25) is 5.02 Å². The summed E-state index contributed by atoms with van der Waals surface area (Å²) in [7, 11) is 1.51. The molecule has 0 radical (unpaired) electrons. The third-order valence-electron chi connectivity index (χ3n) is 4.11. The van der Waals surface area contributed by atoms with Crippen molar-refractivity contribution >= 4 is 17.5 Å². The zero-order valence-corrected chi connectivity index (χ0v) is 15.2. The number of carbonyl (C=O) groups is 1. The predicted molar refractivity (Wildman–Crippen MR) is 101 cm³/mol. The van der Waals surface area contributed by atoms with Gasteiger partial charge < -0.3 is 19.7 Å². The summed E-state index contributed by atoms with van der Waals surface area (Å²) in [5.74, 6) is 0.276. The Morgan fingerprint density at radius 1 is 1.19 bits per heavy atom. The van der Waals surface area contributed by atoms with Crippen molar-refractivity contribution in [1.29, 1.82) is 0 Å². The molecule has 5 nitrogen and oxygen atoms in total. The topological polar surface area (TPSA) is 63.5 Å². The van der Waals surface area contributed by atoms with Crippen molar-refractivity contribution in [3.8, 4) is 17.2 Å². The number of halogens is 1. The Balaban J connectivity index is 1.88. The number of aromatic hydroxyl groups is 1. The number of hydrogen-bond donors (Lipinski definition) is 2. The highest BCUT2D eigenvalue weighted by Crippen LogP contribution is 2.30. The van der Waals surface area contributed by atoms with Gasteiger partial charge in [0.25, 0.3) is 5.91 Å². The lowest BCUT2D eigenvalue weighted by Crippen LogP contribution is -2.27. The van der Waals surface area contributed by atoms with Gasteiger partial charge in [-0.3, -0.25) is 4.79 Å². The van der Waals surface area contributed by atoms with Crippen molar-refractivity contribution in [2.24, 2.45) is 0 Å². The Labute approximate surface area is 156 Å². The Morgan fingerprint density at radius 3 is 2.58 bits per heavy atom. The second kappa shape index (κ2) is 7.54. The first-order valence-corrected chi connectivity index (χ1v) is 8.48. The number of ether oxygens (including phenoxy) is 1. The lowest BCUT2D eigenvalue weighted by molar-refractivity contribution is 0.0936. The molecule has 3 aromatic rings. The van der Waals surface area contributed by atoms with Crippen molar-refractivity contribution in [3.05, 3.63) is 77.1 Å². The molecule has 26 heavy (non-hydrogen) atoms. The van der Waals surface area contributed by atoms with E-state index in [0.29, 0.717) is 16.3 Å². The molecule has 3 rings (SSSR count). The smallest absolute Gasteiger partial charge is 0.255 e. The number of nitrogens with zero attached hydrogens (tertiary/aromatic N) is 1. The van der Waals surface area contributed by atoms with Crippen molar-refractivity contribution < 1.29 is 14.6 Å². The average molecular weight is 371 g/mol. The molecule has 0 saturated heterocycles. The van der Waals surface area contributed by atoms with Crippen molar-refractivity contribution in [1.82, 2.24) is 9.88 Å². The van der Waals surface area contributed by atoms with Gasteiger partial charge in [-0.25, -0.2) is 0 Å². The molecule has 1 amide bonds. The first-order chi connectivity index (χ1) is 12.5. The zero-order chi connectivity index (χ0) is 18.7. The molecule has 0 aliphatic rings. The van der Waals surface area contributed by atoms with Crippen molar-refractivity contribution in [2.45, 2.75) is 13.0 Å². The molecule has 0 fully saturated rings. The van der Waals surface area contributed by atoms with Crippen molar-refractivity contribution in [3.63, 3.8) is 0 Å². The van der Waals surface area contributed by atoms with E-state index in [0.717, 1.165) is 11.3 Å². The van der Waals surface area contributed by atoms with Crippen LogP contribution in [0.5, 0.6) is 11.5 Å². The van der Waals surface area contributed by atoms with E-state index in [1.807, 2.05) is 42.1 Å². The second-order valence-corrected chi connectivity index (χ2v) is 6.29. The fraction of sp³-hybridized carbons (Fsp3) is 0.150. The molecule has 0 bridgehead atoms. The third kappa shape index (κ3) is 3.68. The van der Waals surface area contributed by atoms with Gasteiger partial charge in [-0.05, 0) is 42.8 Å². The number of hydrogen-bond acceptors (Lipinski definition) is 3. The Kier molecular flexibility index (Phi) is 5.19. The molecule has 134 valence electrons. The van der Waals surface area contributed by atoms with E-state index in [2.05, 4.69) is 5.32 Å². The van der Waals surface area contributed by atoms with Gasteiger partial charge in [0.05, 0.1) is 29.4 Å². The van der Waals surface area contributed by atoms with Gasteiger partial charge in [-0.1, -0.05) is 23.7 Å². The summed E-state index contributed by atoms with van der Waals surface area (Å²) in [6, 6.07) is 13.6. The van der Waals surface area contributed by atoms with Gasteiger partial charge in [0.15, 0.2) is 0 Å². The lowest BCUT2D eigenvalue weighted by atomic mass is 10.1. The summed E-state index contributed by atoms with van der Waals surface area (Å²) in [4.78, 5) is 12.7. The number of phenolic OH excluding ortho intramolecular Hbond substituents is 1. The number of rotatable bonds is 5. The molecule has 2 N–H and O–H groups in total. The van der Waals surface area contributed by atoms with E-state index in [4.69, 9.17) is 16.3 Å². The van der Waals surface area contributed by atoms with Gasteiger partial charge in [0.2, 0.25) is 0 Å². The molecule has 2 aromatic carbocycles. The van der Waals surface area contributed by atoms with Crippen LogP contribution >= 0.6 is 11.6 Å². The summed E-state index contributed by atoms with van der Waals surface area (Å²) in [5.41, 5.74) is 1.87. The number of benzene rings is 2. The minimum absolute atomic E-state index is 0.153. The fourth-order valence-corrected chi connectivity index (χ4v) is 3.00. The maximum Gasteiger partial charge on any atom is 0.255 e. The maximum atomic E-state index is 12.7. The number of methoxy groups -OCH3 is 1. The summed E-state index contributed by atoms with van der Waals surface area (Å²) in [6.45, 7) is 1.84. The molecule has 1 unspecified atom stereocenters. The van der Waals surface area contributed by atoms with E-state index in [-0.39, 0.29) is 17.7 Å². The molecule has 0 spiro atoms. The molecule has 0 aliphatic carbocycles. The zero-order valence-electron chi connectivity index (χ0n) is 14.4. The molecule has 1 aromatic heterocycles. The van der Waals surface area contributed by atoms with E-state index < -0.39 is 0 Å². The summed E-state index contributed by atoms with van der Waals surface area (Å²) < 4.78 is 7.24. The summed E-state index contributed by atoms with van der Waals surface area (Å²) in [6.07, 6.45) is 3.73. The first-order valence-electron chi connectivity index (χ1n) is 8.10.